The first-order chi connectivity index (χ1) is 7.83. The van der Waals surface area contributed by atoms with Gasteiger partial charge in [0.1, 0.15) is 0 Å². The van der Waals surface area contributed by atoms with Gasteiger partial charge >= 0.3 is 0 Å². The van der Waals surface area contributed by atoms with Crippen LogP contribution in [0.25, 0.3) is 0 Å². The third-order valence-corrected chi connectivity index (χ3v) is 4.44. The number of fused-ring (bicyclic) bond motifs is 1. The van der Waals surface area contributed by atoms with Gasteiger partial charge in [0.05, 0.1) is 5.69 Å². The largest absolute Gasteiger partial charge is 0.346 e. The number of piperazine rings is 1. The molecule has 1 N–H and O–H groups in total. The van der Waals surface area contributed by atoms with Crippen molar-refractivity contribution in [1.82, 2.24) is 15.2 Å². The summed E-state index contributed by atoms with van der Waals surface area (Å²) in [5.74, 6) is 0. The molecule has 5 heteroatoms. The normalized spacial score (nSPS) is 22.2. The molecule has 1 aromatic rings. The predicted molar refractivity (Wildman–Crippen MR) is 67.2 cm³/mol. The van der Waals surface area contributed by atoms with Crippen molar-refractivity contribution >= 4 is 16.5 Å². The number of anilines is 1. The van der Waals surface area contributed by atoms with E-state index in [4.69, 9.17) is 4.98 Å². The molecule has 1 fully saturated rings. The Hall–Kier alpha value is -0.650. The first-order valence-corrected chi connectivity index (χ1v) is 6.77. The standard InChI is InChI=1S/C11H18N4S/c1-14-5-2-9-10(8-14)16-11(13-9)15-6-3-12-4-7-15/h12H,2-8H2,1H3. The van der Waals surface area contributed by atoms with Crippen molar-refractivity contribution in [1.29, 1.82) is 0 Å². The minimum Gasteiger partial charge on any atom is -0.346 e. The lowest BCUT2D eigenvalue weighted by molar-refractivity contribution is 0.314. The third-order valence-electron chi connectivity index (χ3n) is 3.30. The van der Waals surface area contributed by atoms with Crippen LogP contribution in [0, 0.1) is 0 Å². The number of hydrogen-bond donors (Lipinski definition) is 1. The number of likely N-dealkylation sites (N-methyl/N-ethyl adjacent to an activating group) is 1. The van der Waals surface area contributed by atoms with E-state index in [0.717, 1.165) is 45.7 Å². The van der Waals surface area contributed by atoms with Crippen molar-refractivity contribution in [3.8, 4) is 0 Å². The van der Waals surface area contributed by atoms with E-state index in [-0.39, 0.29) is 0 Å². The fourth-order valence-corrected chi connectivity index (χ4v) is 3.54. The number of thiazole rings is 1. The van der Waals surface area contributed by atoms with E-state index >= 15 is 0 Å². The molecule has 3 heterocycles. The molecule has 0 atom stereocenters. The van der Waals surface area contributed by atoms with Gasteiger partial charge < -0.3 is 15.1 Å². The molecule has 0 aromatic carbocycles. The highest BCUT2D eigenvalue weighted by molar-refractivity contribution is 7.15. The minimum absolute atomic E-state index is 1.08. The molecule has 1 aromatic heterocycles. The Labute approximate surface area is 100 Å². The van der Waals surface area contributed by atoms with E-state index in [2.05, 4.69) is 22.2 Å². The van der Waals surface area contributed by atoms with Gasteiger partial charge in [-0.05, 0) is 7.05 Å². The van der Waals surface area contributed by atoms with Crippen LogP contribution >= 0.6 is 11.3 Å². The van der Waals surface area contributed by atoms with Gasteiger partial charge in [0.25, 0.3) is 0 Å². The average molecular weight is 238 g/mol. The zero-order valence-electron chi connectivity index (χ0n) is 9.70. The second-order valence-electron chi connectivity index (χ2n) is 4.59. The molecule has 3 rings (SSSR count). The lowest BCUT2D eigenvalue weighted by Gasteiger charge is -2.26. The van der Waals surface area contributed by atoms with Crippen molar-refractivity contribution in [2.24, 2.45) is 0 Å². The quantitative estimate of drug-likeness (QED) is 0.774. The van der Waals surface area contributed by atoms with Gasteiger partial charge in [-0.2, -0.15) is 0 Å². The van der Waals surface area contributed by atoms with Crippen LogP contribution in [0.2, 0.25) is 0 Å². The molecule has 0 spiro atoms. The molecular weight excluding hydrogens is 220 g/mol. The Kier molecular flexibility index (Phi) is 2.83. The third kappa shape index (κ3) is 1.95. The van der Waals surface area contributed by atoms with E-state index in [1.54, 1.807) is 0 Å². The molecule has 0 saturated carbocycles. The Balaban J connectivity index is 1.80. The van der Waals surface area contributed by atoms with Gasteiger partial charge in [0, 0.05) is 50.6 Å². The van der Waals surface area contributed by atoms with E-state index in [1.807, 2.05) is 11.3 Å². The second kappa shape index (κ2) is 4.31. The summed E-state index contributed by atoms with van der Waals surface area (Å²) in [6.45, 7) is 6.61. The summed E-state index contributed by atoms with van der Waals surface area (Å²) in [6.07, 6.45) is 1.12. The molecule has 4 nitrogen and oxygen atoms in total. The SMILES string of the molecule is CN1CCc2nc(N3CCNCC3)sc2C1. The number of aromatic nitrogens is 1. The van der Waals surface area contributed by atoms with Crippen LogP contribution in [-0.2, 0) is 13.0 Å². The lowest BCUT2D eigenvalue weighted by Crippen LogP contribution is -2.43. The van der Waals surface area contributed by atoms with Crippen molar-refractivity contribution < 1.29 is 0 Å². The molecule has 0 bridgehead atoms. The average Bonchev–Trinajstić information content (AvgIpc) is 2.73. The Morgan fingerprint density at radius 1 is 1.25 bits per heavy atom. The Morgan fingerprint density at radius 2 is 2.06 bits per heavy atom. The Morgan fingerprint density at radius 3 is 2.88 bits per heavy atom. The molecular formula is C11H18N4S. The molecule has 0 amide bonds. The first-order valence-electron chi connectivity index (χ1n) is 5.96. The zero-order chi connectivity index (χ0) is 11.0. The van der Waals surface area contributed by atoms with Crippen molar-refractivity contribution in [2.45, 2.75) is 13.0 Å². The predicted octanol–water partition coefficient (Wildman–Crippen LogP) is 0.541. The molecule has 1 saturated heterocycles. The van der Waals surface area contributed by atoms with E-state index in [9.17, 15) is 0 Å². The van der Waals surface area contributed by atoms with Gasteiger partial charge in [-0.25, -0.2) is 4.98 Å². The van der Waals surface area contributed by atoms with Gasteiger partial charge in [-0.3, -0.25) is 0 Å². The zero-order valence-corrected chi connectivity index (χ0v) is 10.5. The highest BCUT2D eigenvalue weighted by atomic mass is 32.1. The van der Waals surface area contributed by atoms with Crippen LogP contribution in [0.1, 0.15) is 10.6 Å². The second-order valence-corrected chi connectivity index (χ2v) is 5.65. The summed E-state index contributed by atoms with van der Waals surface area (Å²) in [5, 5.41) is 4.62. The topological polar surface area (TPSA) is 31.4 Å². The highest BCUT2D eigenvalue weighted by Gasteiger charge is 2.21. The molecule has 2 aliphatic rings. The highest BCUT2D eigenvalue weighted by Crippen LogP contribution is 2.30. The summed E-state index contributed by atoms with van der Waals surface area (Å²) >= 11 is 1.89. The van der Waals surface area contributed by atoms with E-state index in [1.165, 1.54) is 15.7 Å². The van der Waals surface area contributed by atoms with Gasteiger partial charge in [0.15, 0.2) is 5.13 Å². The maximum absolute atomic E-state index is 4.80. The van der Waals surface area contributed by atoms with Crippen LogP contribution in [-0.4, -0.2) is 49.7 Å². The van der Waals surface area contributed by atoms with Crippen LogP contribution in [0.5, 0.6) is 0 Å². The van der Waals surface area contributed by atoms with Crippen molar-refractivity contribution in [3.05, 3.63) is 10.6 Å². The van der Waals surface area contributed by atoms with Crippen LogP contribution in [0.15, 0.2) is 0 Å². The molecule has 16 heavy (non-hydrogen) atoms. The van der Waals surface area contributed by atoms with E-state index in [0.29, 0.717) is 0 Å². The summed E-state index contributed by atoms with van der Waals surface area (Å²) in [5.41, 5.74) is 1.34. The molecule has 0 unspecified atom stereocenters. The molecule has 0 radical (unpaired) electrons. The van der Waals surface area contributed by atoms with Crippen LogP contribution in [0.4, 0.5) is 5.13 Å². The maximum atomic E-state index is 4.80. The van der Waals surface area contributed by atoms with Gasteiger partial charge in [-0.15, -0.1) is 11.3 Å². The fourth-order valence-electron chi connectivity index (χ4n) is 2.30. The van der Waals surface area contributed by atoms with Gasteiger partial charge in [-0.1, -0.05) is 0 Å². The van der Waals surface area contributed by atoms with Crippen molar-refractivity contribution in [3.63, 3.8) is 0 Å². The summed E-state index contributed by atoms with van der Waals surface area (Å²) in [6, 6.07) is 0. The van der Waals surface area contributed by atoms with Crippen molar-refractivity contribution in [2.75, 3.05) is 44.7 Å². The molecule has 88 valence electrons. The smallest absolute Gasteiger partial charge is 0.185 e. The fraction of sp³-hybridized carbons (Fsp3) is 0.727. The first kappa shape index (κ1) is 10.5. The van der Waals surface area contributed by atoms with Gasteiger partial charge in [0.2, 0.25) is 0 Å². The maximum Gasteiger partial charge on any atom is 0.185 e. The molecule has 0 aliphatic carbocycles. The van der Waals surface area contributed by atoms with Crippen LogP contribution in [0.3, 0.4) is 0 Å². The summed E-state index contributed by atoms with van der Waals surface area (Å²) in [7, 11) is 2.19. The number of nitrogens with zero attached hydrogens (tertiary/aromatic N) is 3. The number of rotatable bonds is 1. The van der Waals surface area contributed by atoms with Crippen LogP contribution < -0.4 is 10.2 Å². The number of nitrogens with one attached hydrogen (secondary N) is 1. The molecule has 2 aliphatic heterocycles. The monoisotopic (exact) mass is 238 g/mol. The summed E-state index contributed by atoms with van der Waals surface area (Å²) in [4.78, 5) is 11.1. The minimum atomic E-state index is 1.08. The van der Waals surface area contributed by atoms with E-state index < -0.39 is 0 Å². The Bertz CT molecular complexity index is 370. The lowest BCUT2D eigenvalue weighted by atomic mass is 10.2. The summed E-state index contributed by atoms with van der Waals surface area (Å²) < 4.78 is 0. The number of hydrogen-bond acceptors (Lipinski definition) is 5.